The van der Waals surface area contributed by atoms with Gasteiger partial charge >= 0.3 is 0 Å². The summed E-state index contributed by atoms with van der Waals surface area (Å²) >= 11 is 0. The normalized spacial score (nSPS) is 9.90. The highest BCUT2D eigenvalue weighted by Crippen LogP contribution is 2.30. The standard InChI is InChI=1S/C14H15N3O3/c1-19-12-4-3-9(7-13(12)20-2)17-14(18)10-8-16-6-5-11(10)15/h3-8H,1-2H3,(H2,15,16)(H,17,18). The Bertz CT molecular complexity index is 629. The number of aromatic nitrogens is 1. The van der Waals surface area contributed by atoms with E-state index in [1.54, 1.807) is 31.4 Å². The van der Waals surface area contributed by atoms with Crippen LogP contribution >= 0.6 is 0 Å². The Morgan fingerprint density at radius 2 is 1.95 bits per heavy atom. The number of nitrogens with two attached hydrogens (primary N) is 1. The van der Waals surface area contributed by atoms with Gasteiger partial charge in [-0.15, -0.1) is 0 Å². The van der Waals surface area contributed by atoms with Crippen molar-refractivity contribution in [3.8, 4) is 11.5 Å². The number of amides is 1. The van der Waals surface area contributed by atoms with Gasteiger partial charge in [-0.2, -0.15) is 0 Å². The summed E-state index contributed by atoms with van der Waals surface area (Å²) in [5.41, 5.74) is 7.01. The molecule has 0 bridgehead atoms. The quantitative estimate of drug-likeness (QED) is 0.889. The van der Waals surface area contributed by atoms with Gasteiger partial charge in [-0.05, 0) is 18.2 Å². The van der Waals surface area contributed by atoms with E-state index in [4.69, 9.17) is 15.2 Å². The predicted octanol–water partition coefficient (Wildman–Crippen LogP) is 1.93. The first-order chi connectivity index (χ1) is 9.65. The molecule has 3 N–H and O–H groups in total. The zero-order valence-electron chi connectivity index (χ0n) is 11.2. The van der Waals surface area contributed by atoms with Crippen LogP contribution < -0.4 is 20.5 Å². The largest absolute Gasteiger partial charge is 0.493 e. The molecule has 104 valence electrons. The molecule has 2 rings (SSSR count). The molecule has 0 unspecified atom stereocenters. The number of nitrogen functional groups attached to an aromatic ring is 1. The highest BCUT2D eigenvalue weighted by atomic mass is 16.5. The molecule has 0 aliphatic heterocycles. The van der Waals surface area contributed by atoms with Gasteiger partial charge in [0.1, 0.15) is 0 Å². The molecule has 0 aliphatic rings. The van der Waals surface area contributed by atoms with E-state index >= 15 is 0 Å². The highest BCUT2D eigenvalue weighted by molar-refractivity contribution is 6.07. The van der Waals surface area contributed by atoms with Gasteiger partial charge in [0.25, 0.3) is 5.91 Å². The van der Waals surface area contributed by atoms with Gasteiger partial charge in [0.05, 0.1) is 19.8 Å². The number of ether oxygens (including phenoxy) is 2. The molecule has 1 aromatic heterocycles. The Labute approximate surface area is 116 Å². The lowest BCUT2D eigenvalue weighted by atomic mass is 10.2. The number of hydrogen-bond donors (Lipinski definition) is 2. The average Bonchev–Trinajstić information content (AvgIpc) is 2.47. The molecule has 1 aromatic carbocycles. The van der Waals surface area contributed by atoms with Crippen LogP contribution in [0.5, 0.6) is 11.5 Å². The summed E-state index contributed by atoms with van der Waals surface area (Å²) in [6.45, 7) is 0. The number of rotatable bonds is 4. The Hall–Kier alpha value is -2.76. The molecule has 0 fully saturated rings. The second-order valence-electron chi connectivity index (χ2n) is 3.99. The molecule has 2 aromatic rings. The summed E-state index contributed by atoms with van der Waals surface area (Å²) in [6, 6.07) is 6.67. The van der Waals surface area contributed by atoms with Crippen LogP contribution in [0.3, 0.4) is 0 Å². The van der Waals surface area contributed by atoms with Gasteiger partial charge in [0.2, 0.25) is 0 Å². The van der Waals surface area contributed by atoms with E-state index in [1.165, 1.54) is 19.5 Å². The van der Waals surface area contributed by atoms with Crippen LogP contribution in [0.25, 0.3) is 0 Å². The maximum Gasteiger partial charge on any atom is 0.259 e. The minimum absolute atomic E-state index is 0.322. The Kier molecular flexibility index (Phi) is 4.05. The molecule has 20 heavy (non-hydrogen) atoms. The minimum atomic E-state index is -0.331. The van der Waals surface area contributed by atoms with Crippen molar-refractivity contribution in [2.45, 2.75) is 0 Å². The summed E-state index contributed by atoms with van der Waals surface area (Å²) in [6.07, 6.45) is 2.95. The number of methoxy groups -OCH3 is 2. The number of pyridine rings is 1. The lowest BCUT2D eigenvalue weighted by molar-refractivity contribution is 0.102. The van der Waals surface area contributed by atoms with Crippen LogP contribution in [0.15, 0.2) is 36.7 Å². The SMILES string of the molecule is COc1ccc(NC(=O)c2cnccc2N)cc1OC. The van der Waals surface area contributed by atoms with E-state index in [0.717, 1.165) is 0 Å². The van der Waals surface area contributed by atoms with Gasteiger partial charge in [-0.25, -0.2) is 0 Å². The molecule has 0 radical (unpaired) electrons. The lowest BCUT2D eigenvalue weighted by Crippen LogP contribution is -2.14. The van der Waals surface area contributed by atoms with Crippen LogP contribution in [-0.2, 0) is 0 Å². The molecule has 0 aliphatic carbocycles. The molecule has 0 spiro atoms. The number of benzene rings is 1. The van der Waals surface area contributed by atoms with E-state index < -0.39 is 0 Å². The molecule has 0 saturated heterocycles. The molecular formula is C14H15N3O3. The third-order valence-corrected chi connectivity index (χ3v) is 2.74. The topological polar surface area (TPSA) is 86.5 Å². The number of nitrogens with zero attached hydrogens (tertiary/aromatic N) is 1. The van der Waals surface area contributed by atoms with Crippen LogP contribution in [0.2, 0.25) is 0 Å². The second kappa shape index (κ2) is 5.92. The summed E-state index contributed by atoms with van der Waals surface area (Å²) < 4.78 is 10.3. The van der Waals surface area contributed by atoms with Crippen molar-refractivity contribution in [1.82, 2.24) is 4.98 Å². The van der Waals surface area contributed by atoms with Crippen molar-refractivity contribution < 1.29 is 14.3 Å². The monoisotopic (exact) mass is 273 g/mol. The molecule has 6 heteroatoms. The number of anilines is 2. The number of hydrogen-bond acceptors (Lipinski definition) is 5. The van der Waals surface area contributed by atoms with Crippen molar-refractivity contribution in [2.24, 2.45) is 0 Å². The smallest absolute Gasteiger partial charge is 0.259 e. The first-order valence-electron chi connectivity index (χ1n) is 5.88. The molecule has 1 amide bonds. The van der Waals surface area contributed by atoms with Crippen LogP contribution in [0.4, 0.5) is 11.4 Å². The van der Waals surface area contributed by atoms with Crippen molar-refractivity contribution in [1.29, 1.82) is 0 Å². The van der Waals surface area contributed by atoms with Crippen LogP contribution in [-0.4, -0.2) is 25.1 Å². The first kappa shape index (κ1) is 13.7. The average molecular weight is 273 g/mol. The van der Waals surface area contributed by atoms with E-state index in [1.807, 2.05) is 0 Å². The Balaban J connectivity index is 2.22. The van der Waals surface area contributed by atoms with Gasteiger partial charge in [-0.3, -0.25) is 9.78 Å². The van der Waals surface area contributed by atoms with E-state index in [0.29, 0.717) is 28.4 Å². The predicted molar refractivity (Wildman–Crippen MR) is 76.1 cm³/mol. The molecule has 1 heterocycles. The van der Waals surface area contributed by atoms with E-state index in [9.17, 15) is 4.79 Å². The van der Waals surface area contributed by atoms with Gasteiger partial charge in [0, 0.05) is 29.8 Å². The maximum absolute atomic E-state index is 12.1. The minimum Gasteiger partial charge on any atom is -0.493 e. The first-order valence-corrected chi connectivity index (χ1v) is 5.88. The van der Waals surface area contributed by atoms with Gasteiger partial charge < -0.3 is 20.5 Å². The summed E-state index contributed by atoms with van der Waals surface area (Å²) in [7, 11) is 3.08. The van der Waals surface area contributed by atoms with Gasteiger partial charge in [-0.1, -0.05) is 0 Å². The zero-order chi connectivity index (χ0) is 14.5. The molecular weight excluding hydrogens is 258 g/mol. The molecule has 6 nitrogen and oxygen atoms in total. The van der Waals surface area contributed by atoms with Crippen molar-refractivity contribution in [3.05, 3.63) is 42.2 Å². The zero-order valence-corrected chi connectivity index (χ0v) is 11.2. The second-order valence-corrected chi connectivity index (χ2v) is 3.99. The summed E-state index contributed by atoms with van der Waals surface area (Å²) in [5.74, 6) is 0.790. The summed E-state index contributed by atoms with van der Waals surface area (Å²) in [4.78, 5) is 16.0. The van der Waals surface area contributed by atoms with Crippen molar-refractivity contribution >= 4 is 17.3 Å². The van der Waals surface area contributed by atoms with Crippen LogP contribution in [0, 0.1) is 0 Å². The molecule has 0 atom stereocenters. The third-order valence-electron chi connectivity index (χ3n) is 2.74. The summed E-state index contributed by atoms with van der Waals surface area (Å²) in [5, 5.41) is 2.73. The Morgan fingerprint density at radius 1 is 1.20 bits per heavy atom. The number of nitrogens with one attached hydrogen (secondary N) is 1. The van der Waals surface area contributed by atoms with Gasteiger partial charge in [0.15, 0.2) is 11.5 Å². The third kappa shape index (κ3) is 2.80. The maximum atomic E-state index is 12.1. The fourth-order valence-corrected chi connectivity index (χ4v) is 1.71. The van der Waals surface area contributed by atoms with Crippen molar-refractivity contribution in [2.75, 3.05) is 25.3 Å². The number of carbonyl (C=O) groups is 1. The number of carbonyl (C=O) groups excluding carboxylic acids is 1. The van der Waals surface area contributed by atoms with E-state index in [2.05, 4.69) is 10.3 Å². The Morgan fingerprint density at radius 3 is 2.60 bits per heavy atom. The van der Waals surface area contributed by atoms with Crippen LogP contribution in [0.1, 0.15) is 10.4 Å². The molecule has 0 saturated carbocycles. The fourth-order valence-electron chi connectivity index (χ4n) is 1.71. The lowest BCUT2D eigenvalue weighted by Gasteiger charge is -2.11. The highest BCUT2D eigenvalue weighted by Gasteiger charge is 2.11. The fraction of sp³-hybridized carbons (Fsp3) is 0.143. The van der Waals surface area contributed by atoms with E-state index in [-0.39, 0.29) is 5.91 Å². The van der Waals surface area contributed by atoms with Crippen molar-refractivity contribution in [3.63, 3.8) is 0 Å².